The van der Waals surface area contributed by atoms with Crippen LogP contribution >= 0.6 is 34.8 Å². The first-order valence-corrected chi connectivity index (χ1v) is 6.61. The van der Waals surface area contributed by atoms with Gasteiger partial charge in [-0.25, -0.2) is 0 Å². The maximum Gasteiger partial charge on any atom is 0.0992 e. The summed E-state index contributed by atoms with van der Waals surface area (Å²) < 4.78 is 0. The molecule has 0 saturated carbocycles. The average molecular weight is 312 g/mol. The van der Waals surface area contributed by atoms with Gasteiger partial charge in [0.1, 0.15) is 0 Å². The zero-order valence-electron chi connectivity index (χ0n) is 9.75. The third-order valence-corrected chi connectivity index (χ3v) is 3.50. The molecule has 0 fully saturated rings. The van der Waals surface area contributed by atoms with Crippen LogP contribution in [0.3, 0.4) is 0 Å². The van der Waals surface area contributed by atoms with E-state index in [2.05, 4.69) is 11.4 Å². The summed E-state index contributed by atoms with van der Waals surface area (Å²) in [6.45, 7) is 0.505. The Morgan fingerprint density at radius 2 is 1.79 bits per heavy atom. The summed E-state index contributed by atoms with van der Waals surface area (Å²) in [5.74, 6) is 0. The van der Waals surface area contributed by atoms with Crippen LogP contribution in [0.2, 0.25) is 15.1 Å². The molecular weight excluding hydrogens is 303 g/mol. The molecule has 96 valence electrons. The maximum absolute atomic E-state index is 8.86. The molecule has 0 bridgehead atoms. The van der Waals surface area contributed by atoms with E-state index in [9.17, 15) is 0 Å². The van der Waals surface area contributed by atoms with Gasteiger partial charge in [-0.15, -0.1) is 0 Å². The molecule has 0 radical (unpaired) electrons. The largest absolute Gasteiger partial charge is 0.380 e. The number of hydrogen-bond acceptors (Lipinski definition) is 2. The highest BCUT2D eigenvalue weighted by atomic mass is 35.5. The van der Waals surface area contributed by atoms with Crippen molar-refractivity contribution in [2.45, 2.75) is 6.54 Å². The molecule has 2 aromatic rings. The smallest absolute Gasteiger partial charge is 0.0992 e. The lowest BCUT2D eigenvalue weighted by Gasteiger charge is -2.10. The number of nitriles is 1. The van der Waals surface area contributed by atoms with E-state index < -0.39 is 0 Å². The molecule has 5 heteroatoms. The Hall–Kier alpha value is -1.40. The second-order valence-electron chi connectivity index (χ2n) is 3.90. The van der Waals surface area contributed by atoms with Gasteiger partial charge in [-0.1, -0.05) is 40.9 Å². The summed E-state index contributed by atoms with van der Waals surface area (Å²) in [5.41, 5.74) is 2.16. The molecule has 0 aliphatic rings. The second kappa shape index (κ2) is 6.16. The van der Waals surface area contributed by atoms with Crippen molar-refractivity contribution in [1.82, 2.24) is 0 Å². The molecule has 0 aromatic heterocycles. The van der Waals surface area contributed by atoms with Gasteiger partial charge in [-0.2, -0.15) is 5.26 Å². The van der Waals surface area contributed by atoms with Crippen LogP contribution in [0.1, 0.15) is 11.1 Å². The summed E-state index contributed by atoms with van der Waals surface area (Å²) >= 11 is 18.0. The third kappa shape index (κ3) is 3.54. The summed E-state index contributed by atoms with van der Waals surface area (Å²) in [7, 11) is 0. The minimum Gasteiger partial charge on any atom is -0.380 e. The number of nitrogens with one attached hydrogen (secondary N) is 1. The molecule has 0 aliphatic heterocycles. The molecule has 0 aliphatic carbocycles. The third-order valence-electron chi connectivity index (χ3n) is 2.58. The molecule has 2 aromatic carbocycles. The number of rotatable bonds is 3. The zero-order valence-corrected chi connectivity index (χ0v) is 12.0. The first-order chi connectivity index (χ1) is 9.10. The lowest BCUT2D eigenvalue weighted by molar-refractivity contribution is 1.15. The number of benzene rings is 2. The molecule has 0 unspecified atom stereocenters. The van der Waals surface area contributed by atoms with Crippen LogP contribution in [0.15, 0.2) is 36.4 Å². The summed E-state index contributed by atoms with van der Waals surface area (Å²) in [6, 6.07) is 12.4. The standard InChI is InChI=1S/C14H9Cl3N2/c15-11-3-2-10(13(17)6-11)8-19-14-5-9(7-18)1-4-12(14)16/h1-6,19H,8H2. The average Bonchev–Trinajstić information content (AvgIpc) is 2.39. The maximum atomic E-state index is 8.86. The highest BCUT2D eigenvalue weighted by Crippen LogP contribution is 2.25. The molecule has 0 amide bonds. The molecule has 2 nitrogen and oxygen atoms in total. The van der Waals surface area contributed by atoms with Gasteiger partial charge in [0.05, 0.1) is 22.3 Å². The fourth-order valence-electron chi connectivity index (χ4n) is 1.59. The fourth-order valence-corrected chi connectivity index (χ4v) is 2.25. The number of nitrogens with zero attached hydrogens (tertiary/aromatic N) is 1. The van der Waals surface area contributed by atoms with Crippen molar-refractivity contribution < 1.29 is 0 Å². The van der Waals surface area contributed by atoms with E-state index in [1.165, 1.54) is 0 Å². The highest BCUT2D eigenvalue weighted by molar-refractivity contribution is 6.35. The Labute approximate surface area is 126 Å². The molecule has 2 rings (SSSR count). The highest BCUT2D eigenvalue weighted by Gasteiger charge is 2.04. The van der Waals surface area contributed by atoms with Crippen molar-refractivity contribution in [3.63, 3.8) is 0 Å². The zero-order chi connectivity index (χ0) is 13.8. The number of halogens is 3. The van der Waals surface area contributed by atoms with Crippen LogP contribution in [0, 0.1) is 11.3 Å². The normalized spacial score (nSPS) is 10.0. The minimum absolute atomic E-state index is 0.505. The predicted molar refractivity (Wildman–Crippen MR) is 80.0 cm³/mol. The lowest BCUT2D eigenvalue weighted by Crippen LogP contribution is -2.01. The Bertz CT molecular complexity index is 648. The van der Waals surface area contributed by atoms with Crippen molar-refractivity contribution in [2.75, 3.05) is 5.32 Å². The van der Waals surface area contributed by atoms with Crippen molar-refractivity contribution in [3.05, 3.63) is 62.6 Å². The molecule has 19 heavy (non-hydrogen) atoms. The number of hydrogen-bond donors (Lipinski definition) is 1. The van der Waals surface area contributed by atoms with E-state index in [0.29, 0.717) is 32.9 Å². The van der Waals surface area contributed by atoms with Crippen LogP contribution in [-0.2, 0) is 6.54 Å². The Morgan fingerprint density at radius 3 is 2.47 bits per heavy atom. The van der Waals surface area contributed by atoms with E-state index in [0.717, 1.165) is 5.56 Å². The predicted octanol–water partition coefficient (Wildman–Crippen LogP) is 5.13. The van der Waals surface area contributed by atoms with Crippen LogP contribution in [-0.4, -0.2) is 0 Å². The van der Waals surface area contributed by atoms with E-state index in [1.807, 2.05) is 6.07 Å². The van der Waals surface area contributed by atoms with Crippen LogP contribution in [0.4, 0.5) is 5.69 Å². The monoisotopic (exact) mass is 310 g/mol. The van der Waals surface area contributed by atoms with Gasteiger partial charge in [0.15, 0.2) is 0 Å². The summed E-state index contributed by atoms with van der Waals surface area (Å²) in [4.78, 5) is 0. The van der Waals surface area contributed by atoms with E-state index in [4.69, 9.17) is 40.1 Å². The van der Waals surface area contributed by atoms with Gasteiger partial charge in [0.25, 0.3) is 0 Å². The lowest BCUT2D eigenvalue weighted by atomic mass is 10.2. The molecule has 0 heterocycles. The molecule has 0 saturated heterocycles. The first kappa shape index (κ1) is 14.0. The van der Waals surface area contributed by atoms with Gasteiger partial charge in [0, 0.05) is 16.6 Å². The van der Waals surface area contributed by atoms with Crippen LogP contribution in [0.5, 0.6) is 0 Å². The van der Waals surface area contributed by atoms with E-state index >= 15 is 0 Å². The van der Waals surface area contributed by atoms with Gasteiger partial charge < -0.3 is 5.32 Å². The van der Waals surface area contributed by atoms with Crippen molar-refractivity contribution >= 4 is 40.5 Å². The first-order valence-electron chi connectivity index (χ1n) is 5.47. The number of anilines is 1. The van der Waals surface area contributed by atoms with Gasteiger partial charge in [-0.05, 0) is 35.9 Å². The van der Waals surface area contributed by atoms with Gasteiger partial charge in [-0.3, -0.25) is 0 Å². The molecule has 1 N–H and O–H groups in total. The Kier molecular flexibility index (Phi) is 4.55. The van der Waals surface area contributed by atoms with E-state index in [-0.39, 0.29) is 0 Å². The van der Waals surface area contributed by atoms with Crippen molar-refractivity contribution in [1.29, 1.82) is 5.26 Å². The van der Waals surface area contributed by atoms with Crippen LogP contribution in [0.25, 0.3) is 0 Å². The quantitative estimate of drug-likeness (QED) is 0.853. The second-order valence-corrected chi connectivity index (χ2v) is 5.15. The van der Waals surface area contributed by atoms with Crippen molar-refractivity contribution in [2.24, 2.45) is 0 Å². The van der Waals surface area contributed by atoms with Gasteiger partial charge in [0.2, 0.25) is 0 Å². The van der Waals surface area contributed by atoms with Gasteiger partial charge >= 0.3 is 0 Å². The molecule has 0 atom stereocenters. The van der Waals surface area contributed by atoms with Crippen molar-refractivity contribution in [3.8, 4) is 6.07 Å². The Morgan fingerprint density at radius 1 is 1.00 bits per heavy atom. The molecule has 0 spiro atoms. The Balaban J connectivity index is 2.16. The minimum atomic E-state index is 0.505. The van der Waals surface area contributed by atoms with E-state index in [1.54, 1.807) is 30.3 Å². The molecular formula is C14H9Cl3N2. The topological polar surface area (TPSA) is 35.8 Å². The SMILES string of the molecule is N#Cc1ccc(Cl)c(NCc2ccc(Cl)cc2Cl)c1. The summed E-state index contributed by atoms with van der Waals surface area (Å²) in [6.07, 6.45) is 0. The summed E-state index contributed by atoms with van der Waals surface area (Å²) in [5, 5.41) is 13.8. The van der Waals surface area contributed by atoms with Crippen LogP contribution < -0.4 is 5.32 Å². The fraction of sp³-hybridized carbons (Fsp3) is 0.0714.